The molecule has 0 aliphatic carbocycles. The van der Waals surface area contributed by atoms with Gasteiger partial charge >= 0.3 is 0 Å². The van der Waals surface area contributed by atoms with Crippen LogP contribution in [-0.4, -0.2) is 12.3 Å². The quantitative estimate of drug-likeness (QED) is 0.826. The lowest BCUT2D eigenvalue weighted by atomic mass is 9.96. The van der Waals surface area contributed by atoms with E-state index in [0.717, 1.165) is 30.5 Å². The van der Waals surface area contributed by atoms with Gasteiger partial charge in [0.05, 0.1) is 0 Å². The third-order valence-corrected chi connectivity index (χ3v) is 3.62. The Labute approximate surface area is 113 Å². The Morgan fingerprint density at radius 3 is 2.58 bits per heavy atom. The van der Waals surface area contributed by atoms with Crippen molar-refractivity contribution in [1.82, 2.24) is 0 Å². The molecule has 0 fully saturated rings. The molecule has 0 unspecified atom stereocenters. The van der Waals surface area contributed by atoms with Crippen LogP contribution in [0.2, 0.25) is 0 Å². The summed E-state index contributed by atoms with van der Waals surface area (Å²) in [5.41, 5.74) is 5.14. The summed E-state index contributed by atoms with van der Waals surface area (Å²) in [6, 6.07) is 13.7. The zero-order valence-corrected chi connectivity index (χ0v) is 11.1. The number of fused-ring (bicyclic) bond motifs is 1. The van der Waals surface area contributed by atoms with Crippen LogP contribution in [0.3, 0.4) is 0 Å². The van der Waals surface area contributed by atoms with E-state index in [2.05, 4.69) is 5.32 Å². The Morgan fingerprint density at radius 2 is 1.79 bits per heavy atom. The Balaban J connectivity index is 1.93. The van der Waals surface area contributed by atoms with Crippen LogP contribution in [0, 0.1) is 6.92 Å². The Hall–Kier alpha value is -2.09. The third-order valence-electron chi connectivity index (χ3n) is 3.62. The van der Waals surface area contributed by atoms with Crippen molar-refractivity contribution >= 4 is 11.5 Å². The van der Waals surface area contributed by atoms with Crippen molar-refractivity contribution < 1.29 is 4.79 Å². The second-order valence-corrected chi connectivity index (χ2v) is 5.10. The van der Waals surface area contributed by atoms with E-state index in [1.807, 2.05) is 49.4 Å². The predicted octanol–water partition coefficient (Wildman–Crippen LogP) is 3.58. The molecule has 0 radical (unpaired) electrons. The van der Waals surface area contributed by atoms with Crippen LogP contribution in [0.4, 0.5) is 5.69 Å². The van der Waals surface area contributed by atoms with E-state index in [1.165, 1.54) is 16.8 Å². The summed E-state index contributed by atoms with van der Waals surface area (Å²) in [4.78, 5) is 12.4. The number of rotatable bonds is 2. The lowest BCUT2D eigenvalue weighted by Crippen LogP contribution is -2.12. The maximum atomic E-state index is 12.4. The van der Waals surface area contributed by atoms with Crippen LogP contribution < -0.4 is 5.32 Å². The largest absolute Gasteiger partial charge is 0.385 e. The average molecular weight is 251 g/mol. The molecule has 2 heteroatoms. The molecule has 0 amide bonds. The van der Waals surface area contributed by atoms with E-state index in [4.69, 9.17) is 0 Å². The first-order chi connectivity index (χ1) is 9.24. The maximum Gasteiger partial charge on any atom is 0.193 e. The van der Waals surface area contributed by atoms with Crippen molar-refractivity contribution in [2.24, 2.45) is 0 Å². The second-order valence-electron chi connectivity index (χ2n) is 5.10. The van der Waals surface area contributed by atoms with Gasteiger partial charge in [-0.15, -0.1) is 0 Å². The van der Waals surface area contributed by atoms with E-state index >= 15 is 0 Å². The number of carbonyl (C=O) groups is 1. The van der Waals surface area contributed by atoms with Crippen molar-refractivity contribution in [2.45, 2.75) is 19.8 Å². The van der Waals surface area contributed by atoms with Crippen LogP contribution in [0.15, 0.2) is 42.5 Å². The fraction of sp³-hybridized carbons (Fsp3) is 0.235. The monoisotopic (exact) mass is 251 g/mol. The minimum absolute atomic E-state index is 0.105. The number of benzene rings is 2. The summed E-state index contributed by atoms with van der Waals surface area (Å²) < 4.78 is 0. The highest BCUT2D eigenvalue weighted by atomic mass is 16.1. The topological polar surface area (TPSA) is 29.1 Å². The van der Waals surface area contributed by atoms with Crippen molar-refractivity contribution in [2.75, 3.05) is 11.9 Å². The van der Waals surface area contributed by atoms with Crippen LogP contribution in [-0.2, 0) is 6.42 Å². The molecular weight excluding hydrogens is 234 g/mol. The standard InChI is InChI=1S/C17H17NO/c1-12-4-6-13(7-5-12)17(19)15-8-9-16-14(11-15)3-2-10-18-16/h4-9,11,18H,2-3,10H2,1H3. The normalized spacial score (nSPS) is 13.5. The average Bonchev–Trinajstić information content (AvgIpc) is 2.47. The van der Waals surface area contributed by atoms with Crippen LogP contribution in [0.1, 0.15) is 33.5 Å². The molecule has 2 aromatic rings. The van der Waals surface area contributed by atoms with E-state index in [1.54, 1.807) is 0 Å². The molecule has 2 nitrogen and oxygen atoms in total. The van der Waals surface area contributed by atoms with Crippen LogP contribution in [0.25, 0.3) is 0 Å². The molecule has 0 saturated heterocycles. The lowest BCUT2D eigenvalue weighted by molar-refractivity contribution is 0.103. The molecule has 3 rings (SSSR count). The molecule has 2 aromatic carbocycles. The number of carbonyl (C=O) groups excluding carboxylic acids is 1. The molecule has 0 bridgehead atoms. The van der Waals surface area contributed by atoms with E-state index in [9.17, 15) is 4.79 Å². The second kappa shape index (κ2) is 4.88. The van der Waals surface area contributed by atoms with Gasteiger partial charge < -0.3 is 5.32 Å². The van der Waals surface area contributed by atoms with Gasteiger partial charge in [0.25, 0.3) is 0 Å². The van der Waals surface area contributed by atoms with E-state index < -0.39 is 0 Å². The first-order valence-corrected chi connectivity index (χ1v) is 6.72. The Morgan fingerprint density at radius 1 is 1.05 bits per heavy atom. The SMILES string of the molecule is Cc1ccc(C(=O)c2ccc3c(c2)CCCN3)cc1. The fourth-order valence-corrected chi connectivity index (χ4v) is 2.49. The highest BCUT2D eigenvalue weighted by Gasteiger charge is 2.13. The molecule has 0 atom stereocenters. The van der Waals surface area contributed by atoms with Gasteiger partial charge in [-0.25, -0.2) is 0 Å². The molecule has 0 spiro atoms. The smallest absolute Gasteiger partial charge is 0.193 e. The van der Waals surface area contributed by atoms with Gasteiger partial charge in [0.15, 0.2) is 5.78 Å². The molecule has 0 aromatic heterocycles. The lowest BCUT2D eigenvalue weighted by Gasteiger charge is -2.18. The highest BCUT2D eigenvalue weighted by Crippen LogP contribution is 2.24. The number of ketones is 1. The number of aryl methyl sites for hydroxylation is 2. The molecule has 1 heterocycles. The molecule has 19 heavy (non-hydrogen) atoms. The van der Waals surface area contributed by atoms with Gasteiger partial charge in [-0.2, -0.15) is 0 Å². The number of nitrogens with one attached hydrogen (secondary N) is 1. The molecule has 1 aliphatic heterocycles. The molecule has 0 saturated carbocycles. The molecular formula is C17H17NO. The van der Waals surface area contributed by atoms with Gasteiger partial charge in [0, 0.05) is 23.4 Å². The van der Waals surface area contributed by atoms with Crippen molar-refractivity contribution in [3.63, 3.8) is 0 Å². The van der Waals surface area contributed by atoms with Gasteiger partial charge in [0.1, 0.15) is 0 Å². The zero-order valence-electron chi connectivity index (χ0n) is 11.1. The van der Waals surface area contributed by atoms with Gasteiger partial charge in [-0.05, 0) is 43.5 Å². The number of hydrogen-bond donors (Lipinski definition) is 1. The summed E-state index contributed by atoms with van der Waals surface area (Å²) in [7, 11) is 0. The highest BCUT2D eigenvalue weighted by molar-refractivity contribution is 6.09. The summed E-state index contributed by atoms with van der Waals surface area (Å²) in [6.07, 6.45) is 2.19. The minimum atomic E-state index is 0.105. The van der Waals surface area contributed by atoms with Crippen LogP contribution in [0.5, 0.6) is 0 Å². The summed E-state index contributed by atoms with van der Waals surface area (Å²) in [5, 5.41) is 3.36. The minimum Gasteiger partial charge on any atom is -0.385 e. The first kappa shape index (κ1) is 12.0. The molecule has 1 aliphatic rings. The summed E-state index contributed by atoms with van der Waals surface area (Å²) >= 11 is 0. The summed E-state index contributed by atoms with van der Waals surface area (Å²) in [5.74, 6) is 0.105. The third kappa shape index (κ3) is 2.39. The summed E-state index contributed by atoms with van der Waals surface area (Å²) in [6.45, 7) is 3.05. The van der Waals surface area contributed by atoms with E-state index in [0.29, 0.717) is 0 Å². The zero-order chi connectivity index (χ0) is 13.2. The van der Waals surface area contributed by atoms with Gasteiger partial charge in [-0.3, -0.25) is 4.79 Å². The Bertz CT molecular complexity index is 614. The van der Waals surface area contributed by atoms with Crippen LogP contribution >= 0.6 is 0 Å². The molecule has 96 valence electrons. The maximum absolute atomic E-state index is 12.4. The first-order valence-electron chi connectivity index (χ1n) is 6.72. The predicted molar refractivity (Wildman–Crippen MR) is 77.9 cm³/mol. The number of hydrogen-bond acceptors (Lipinski definition) is 2. The van der Waals surface area contributed by atoms with Crippen molar-refractivity contribution in [1.29, 1.82) is 0 Å². The van der Waals surface area contributed by atoms with Crippen molar-refractivity contribution in [3.05, 3.63) is 64.7 Å². The molecule has 1 N–H and O–H groups in total. The van der Waals surface area contributed by atoms with Crippen molar-refractivity contribution in [3.8, 4) is 0 Å². The Kier molecular flexibility index (Phi) is 3.08. The fourth-order valence-electron chi connectivity index (χ4n) is 2.49. The van der Waals surface area contributed by atoms with Gasteiger partial charge in [0.2, 0.25) is 0 Å². The van der Waals surface area contributed by atoms with E-state index in [-0.39, 0.29) is 5.78 Å². The number of anilines is 1. The van der Waals surface area contributed by atoms with Gasteiger partial charge in [-0.1, -0.05) is 29.8 Å².